The van der Waals surface area contributed by atoms with E-state index in [2.05, 4.69) is 25.6 Å². The molecule has 2 N–H and O–H groups in total. The van der Waals surface area contributed by atoms with Crippen LogP contribution in [0.5, 0.6) is 0 Å². The zero-order valence-electron chi connectivity index (χ0n) is 33.7. The Hall–Kier alpha value is -6.34. The number of piperidine rings is 2. The summed E-state index contributed by atoms with van der Waals surface area (Å²) in [5.41, 5.74) is 2.44. The number of benzene rings is 2. The molecule has 4 fully saturated rings. The van der Waals surface area contributed by atoms with Crippen molar-refractivity contribution >= 4 is 58.2 Å². The van der Waals surface area contributed by atoms with Gasteiger partial charge in [-0.1, -0.05) is 0 Å². The molecule has 0 saturated carbocycles. The fourth-order valence-corrected chi connectivity index (χ4v) is 9.71. The summed E-state index contributed by atoms with van der Waals surface area (Å²) in [6.45, 7) is 3.57. The molecule has 0 bridgehead atoms. The summed E-state index contributed by atoms with van der Waals surface area (Å²) >= 11 is 0. The summed E-state index contributed by atoms with van der Waals surface area (Å²) in [5, 5.41) is 9.44. The number of carbonyl (C=O) groups is 6. The zero-order chi connectivity index (χ0) is 42.9. The number of ether oxygens (including phenoxy) is 1. The summed E-state index contributed by atoms with van der Waals surface area (Å²) < 4.78 is 39.2. The number of likely N-dealkylation sites (tertiary alicyclic amines) is 1. The summed E-state index contributed by atoms with van der Waals surface area (Å²) in [4.78, 5) is 90.4. The molecular weight excluding hydrogens is 807 g/mol. The molecule has 10 rings (SSSR count). The maximum absolute atomic E-state index is 16.1. The number of imide groups is 2. The average Bonchev–Trinajstić information content (AvgIpc) is 3.90. The van der Waals surface area contributed by atoms with Crippen LogP contribution in [-0.2, 0) is 20.9 Å². The first-order valence-corrected chi connectivity index (χ1v) is 21.0. The minimum atomic E-state index is -1.53. The average molecular weight is 851 g/mol. The van der Waals surface area contributed by atoms with Crippen LogP contribution in [0.1, 0.15) is 72.7 Å². The number of hydrogen-bond acceptors (Lipinski definition) is 12. The number of rotatable bonds is 10. The second-order valence-corrected chi connectivity index (χ2v) is 17.0. The molecule has 6 aliphatic rings. The predicted octanol–water partition coefficient (Wildman–Crippen LogP) is 2.45. The lowest BCUT2D eigenvalue weighted by molar-refractivity contribution is -0.136. The van der Waals surface area contributed by atoms with Crippen molar-refractivity contribution in [2.45, 2.75) is 50.1 Å². The van der Waals surface area contributed by atoms with E-state index in [0.717, 1.165) is 4.90 Å². The van der Waals surface area contributed by atoms with E-state index < -0.39 is 47.4 Å². The van der Waals surface area contributed by atoms with Gasteiger partial charge in [-0.2, -0.15) is 5.10 Å². The molecule has 4 aromatic rings. The molecule has 2 aromatic carbocycles. The van der Waals surface area contributed by atoms with Crippen molar-refractivity contribution in [3.05, 3.63) is 82.8 Å². The van der Waals surface area contributed by atoms with E-state index in [1.165, 1.54) is 21.7 Å². The van der Waals surface area contributed by atoms with Crippen molar-refractivity contribution in [3.8, 4) is 0 Å². The first-order valence-electron chi connectivity index (χ1n) is 21.0. The minimum absolute atomic E-state index is 0.0241. The van der Waals surface area contributed by atoms with Crippen LogP contribution < -0.4 is 20.4 Å². The lowest BCUT2D eigenvalue weighted by atomic mass is 9.89. The van der Waals surface area contributed by atoms with Gasteiger partial charge in [0.05, 0.1) is 61.5 Å². The predicted molar refractivity (Wildman–Crippen MR) is 218 cm³/mol. The van der Waals surface area contributed by atoms with Crippen LogP contribution in [0.15, 0.2) is 55.0 Å². The number of halogens is 2. The van der Waals surface area contributed by atoms with Crippen LogP contribution in [-0.4, -0.2) is 148 Å². The Balaban J connectivity index is 0.735. The Labute approximate surface area is 353 Å². The van der Waals surface area contributed by atoms with Gasteiger partial charge in [0, 0.05) is 56.2 Å². The third kappa shape index (κ3) is 7.11. The van der Waals surface area contributed by atoms with Gasteiger partial charge in [-0.3, -0.25) is 43.9 Å². The Kier molecular flexibility index (Phi) is 9.96. The molecule has 4 saturated heterocycles. The van der Waals surface area contributed by atoms with Crippen molar-refractivity contribution in [1.29, 1.82) is 0 Å². The highest BCUT2D eigenvalue weighted by Gasteiger charge is 2.48. The number of hydrogen-bond donors (Lipinski definition) is 2. The molecule has 6 amide bonds. The molecule has 2 atom stereocenters. The highest BCUT2D eigenvalue weighted by atomic mass is 19.1. The zero-order valence-corrected chi connectivity index (χ0v) is 33.7. The third-order valence-electron chi connectivity index (χ3n) is 13.0. The standard InChI is InChI=1S/C43H44F2N10O7/c44-32(21-52-20-26-16-33(35(18-29(26)40(52)59)51-12-14-62-15-13-51)48-38(57)31-19-47-54-9-1-8-46-37(31)54)25-6-10-50(11-7-25)22-43(45)23-53(24-43)27-2-3-28-30(17-27)42(61)55(41(28)60)34-4-5-36(56)49-39(34)58/h1-3,8-9,16-19,25,32,34H,4-7,10-15,20-24H2,(H,48,57)(H,49,56,58)/t32-,34?/m1/s1. The van der Waals surface area contributed by atoms with Crippen molar-refractivity contribution in [2.24, 2.45) is 5.92 Å². The number of alkyl halides is 2. The topological polar surface area (TPSA) is 182 Å². The maximum atomic E-state index is 16.1. The van der Waals surface area contributed by atoms with Gasteiger partial charge in [0.15, 0.2) is 11.3 Å². The number of nitrogens with one attached hydrogen (secondary N) is 2. The Morgan fingerprint density at radius 1 is 0.935 bits per heavy atom. The Morgan fingerprint density at radius 2 is 1.71 bits per heavy atom. The minimum Gasteiger partial charge on any atom is -0.378 e. The van der Waals surface area contributed by atoms with Crippen molar-refractivity contribution in [1.82, 2.24) is 34.6 Å². The molecule has 8 heterocycles. The SMILES string of the molecule is O=C1CCC(N2C(=O)c3ccc(N4CC(F)(CN5CCC([C@H](F)CN6Cc7cc(NC(=O)c8cnn9cccnc89)c(N8CCOCC8)cc7C6=O)CC5)C4)cc3C2=O)C(=O)N1. The molecule has 1 unspecified atom stereocenters. The van der Waals surface area contributed by atoms with Gasteiger partial charge >= 0.3 is 0 Å². The summed E-state index contributed by atoms with van der Waals surface area (Å²) in [7, 11) is 0. The van der Waals surface area contributed by atoms with Crippen LogP contribution >= 0.6 is 0 Å². The number of amides is 6. The van der Waals surface area contributed by atoms with E-state index in [9.17, 15) is 28.8 Å². The van der Waals surface area contributed by atoms with Gasteiger partial charge in [0.2, 0.25) is 11.8 Å². The number of morpholine rings is 1. The molecule has 6 aliphatic heterocycles. The number of carbonyl (C=O) groups excluding carboxylic acids is 6. The van der Waals surface area contributed by atoms with Gasteiger partial charge in [0.1, 0.15) is 17.8 Å². The van der Waals surface area contributed by atoms with Crippen molar-refractivity contribution < 1.29 is 42.3 Å². The van der Waals surface area contributed by atoms with Gasteiger partial charge in [0.25, 0.3) is 23.6 Å². The van der Waals surface area contributed by atoms with Crippen LogP contribution in [0.4, 0.5) is 25.8 Å². The molecule has 62 heavy (non-hydrogen) atoms. The van der Waals surface area contributed by atoms with Crippen LogP contribution in [0.25, 0.3) is 5.65 Å². The normalized spacial score (nSPS) is 22.2. The quantitative estimate of drug-likeness (QED) is 0.223. The highest BCUT2D eigenvalue weighted by Crippen LogP contribution is 2.38. The first-order chi connectivity index (χ1) is 29.9. The number of nitrogens with zero attached hydrogens (tertiary/aromatic N) is 8. The molecule has 2 aromatic heterocycles. The van der Waals surface area contributed by atoms with Crippen LogP contribution in [0.2, 0.25) is 0 Å². The van der Waals surface area contributed by atoms with Crippen LogP contribution in [0.3, 0.4) is 0 Å². The Bertz CT molecular complexity index is 2530. The fourth-order valence-electron chi connectivity index (χ4n) is 9.71. The molecule has 17 nitrogen and oxygen atoms in total. The molecule has 322 valence electrons. The second-order valence-electron chi connectivity index (χ2n) is 17.0. The number of anilines is 3. The second kappa shape index (κ2) is 15.5. The van der Waals surface area contributed by atoms with Gasteiger partial charge in [-0.25, -0.2) is 18.3 Å². The smallest absolute Gasteiger partial charge is 0.262 e. The van der Waals surface area contributed by atoms with E-state index in [1.54, 1.807) is 47.6 Å². The van der Waals surface area contributed by atoms with Gasteiger partial charge in [-0.05, 0) is 80.2 Å². The number of fused-ring (bicyclic) bond motifs is 3. The molecular formula is C43H44F2N10O7. The van der Waals surface area contributed by atoms with E-state index >= 15 is 8.78 Å². The molecule has 0 radical (unpaired) electrons. The summed E-state index contributed by atoms with van der Waals surface area (Å²) in [5.74, 6) is -3.31. The molecule has 0 spiro atoms. The number of aromatic nitrogens is 3. The third-order valence-corrected chi connectivity index (χ3v) is 13.0. The van der Waals surface area contributed by atoms with E-state index in [1.807, 2.05) is 4.90 Å². The Morgan fingerprint density at radius 3 is 2.48 bits per heavy atom. The largest absolute Gasteiger partial charge is 0.378 e. The molecule has 19 heteroatoms. The maximum Gasteiger partial charge on any atom is 0.262 e. The van der Waals surface area contributed by atoms with E-state index in [4.69, 9.17) is 4.74 Å². The lowest BCUT2D eigenvalue weighted by Gasteiger charge is -2.48. The molecule has 0 aliphatic carbocycles. The van der Waals surface area contributed by atoms with Crippen LogP contribution in [0, 0.1) is 5.92 Å². The van der Waals surface area contributed by atoms with Gasteiger partial charge < -0.3 is 24.8 Å². The van der Waals surface area contributed by atoms with E-state index in [0.29, 0.717) is 91.6 Å². The first kappa shape index (κ1) is 39.8. The van der Waals surface area contributed by atoms with Crippen molar-refractivity contribution in [2.75, 3.05) is 80.7 Å². The van der Waals surface area contributed by atoms with E-state index in [-0.39, 0.29) is 68.5 Å². The fraction of sp³-hybridized carbons (Fsp3) is 0.442. The van der Waals surface area contributed by atoms with Gasteiger partial charge in [-0.15, -0.1) is 0 Å². The van der Waals surface area contributed by atoms with Crippen molar-refractivity contribution in [3.63, 3.8) is 0 Å². The summed E-state index contributed by atoms with van der Waals surface area (Å²) in [6.07, 6.45) is 4.57. The lowest BCUT2D eigenvalue weighted by Crippen LogP contribution is -2.64. The monoisotopic (exact) mass is 850 g/mol. The highest BCUT2D eigenvalue weighted by molar-refractivity contribution is 6.23. The summed E-state index contributed by atoms with van der Waals surface area (Å²) in [6, 6.07) is 8.98.